The maximum Gasteiger partial charge on any atom is 0.240 e. The normalized spacial score (nSPS) is 15.8. The molecule has 0 heterocycles. The second-order valence-corrected chi connectivity index (χ2v) is 8.11. The summed E-state index contributed by atoms with van der Waals surface area (Å²) in [5.41, 5.74) is 0.134. The fraction of sp³-hybridized carbons (Fsp3) is 0.500. The predicted molar refractivity (Wildman–Crippen MR) is 89.1 cm³/mol. The molecule has 22 heavy (non-hydrogen) atoms. The van der Waals surface area contributed by atoms with E-state index < -0.39 is 10.0 Å². The maximum absolute atomic E-state index is 12.1. The lowest BCUT2D eigenvalue weighted by molar-refractivity contribution is -0.120. The number of hydrogen-bond acceptors (Lipinski definition) is 3. The molecular formula is C14H18Cl2N2O3S. The van der Waals surface area contributed by atoms with Gasteiger partial charge in [-0.3, -0.25) is 9.10 Å². The minimum Gasteiger partial charge on any atom is -0.352 e. The Labute approximate surface area is 140 Å². The van der Waals surface area contributed by atoms with Gasteiger partial charge in [-0.15, -0.1) is 0 Å². The molecule has 1 aromatic carbocycles. The second kappa shape index (κ2) is 7.06. The largest absolute Gasteiger partial charge is 0.352 e. The van der Waals surface area contributed by atoms with E-state index in [9.17, 15) is 13.2 Å². The van der Waals surface area contributed by atoms with Crippen LogP contribution in [-0.4, -0.2) is 33.2 Å². The van der Waals surface area contributed by atoms with Crippen LogP contribution in [0.25, 0.3) is 0 Å². The average Bonchev–Trinajstić information content (AvgIpc) is 2.89. The molecule has 0 radical (unpaired) electrons. The van der Waals surface area contributed by atoms with E-state index in [1.165, 1.54) is 12.1 Å². The zero-order chi connectivity index (χ0) is 16.3. The highest BCUT2D eigenvalue weighted by Gasteiger charge is 2.26. The van der Waals surface area contributed by atoms with Crippen molar-refractivity contribution in [3.05, 3.63) is 28.2 Å². The zero-order valence-corrected chi connectivity index (χ0v) is 14.5. The number of hydrogen-bond donors (Lipinski definition) is 1. The van der Waals surface area contributed by atoms with Crippen LogP contribution in [0.1, 0.15) is 25.7 Å². The number of carbonyl (C=O) groups excluding carboxylic acids is 1. The Hall–Kier alpha value is -0.980. The van der Waals surface area contributed by atoms with E-state index in [2.05, 4.69) is 5.32 Å². The molecule has 0 atom stereocenters. The van der Waals surface area contributed by atoms with Crippen molar-refractivity contribution in [3.63, 3.8) is 0 Å². The topological polar surface area (TPSA) is 66.5 Å². The fourth-order valence-corrected chi connectivity index (χ4v) is 4.15. The van der Waals surface area contributed by atoms with Crippen LogP contribution >= 0.6 is 23.2 Å². The van der Waals surface area contributed by atoms with Gasteiger partial charge in [0.25, 0.3) is 0 Å². The van der Waals surface area contributed by atoms with Gasteiger partial charge in [0.1, 0.15) is 6.54 Å². The molecule has 1 aromatic rings. The average molecular weight is 365 g/mol. The summed E-state index contributed by atoms with van der Waals surface area (Å²) in [5.74, 6) is -0.353. The zero-order valence-electron chi connectivity index (χ0n) is 12.2. The van der Waals surface area contributed by atoms with E-state index in [0.29, 0.717) is 0 Å². The van der Waals surface area contributed by atoms with Gasteiger partial charge in [-0.1, -0.05) is 42.1 Å². The number of halogens is 2. The first-order chi connectivity index (χ1) is 10.3. The van der Waals surface area contributed by atoms with E-state index in [0.717, 1.165) is 36.2 Å². The molecule has 1 N–H and O–H groups in total. The molecule has 1 saturated carbocycles. The molecule has 8 heteroatoms. The molecule has 0 bridgehead atoms. The molecule has 0 unspecified atom stereocenters. The number of benzene rings is 1. The highest BCUT2D eigenvalue weighted by Crippen LogP contribution is 2.34. The van der Waals surface area contributed by atoms with Gasteiger partial charge in [0.05, 0.1) is 22.0 Å². The molecule has 1 fully saturated rings. The molecule has 2 rings (SSSR count). The summed E-state index contributed by atoms with van der Waals surface area (Å²) in [7, 11) is -3.69. The van der Waals surface area contributed by atoms with Crippen molar-refractivity contribution in [2.45, 2.75) is 31.7 Å². The number of nitrogens with one attached hydrogen (secondary N) is 1. The third kappa shape index (κ3) is 4.27. The van der Waals surface area contributed by atoms with Gasteiger partial charge in [-0.2, -0.15) is 0 Å². The number of amides is 1. The Morgan fingerprint density at radius 3 is 2.32 bits per heavy atom. The molecule has 0 saturated heterocycles. The highest BCUT2D eigenvalue weighted by atomic mass is 35.5. The highest BCUT2D eigenvalue weighted by molar-refractivity contribution is 7.92. The number of rotatable bonds is 5. The van der Waals surface area contributed by atoms with Crippen LogP contribution in [0.3, 0.4) is 0 Å². The molecule has 1 aliphatic carbocycles. The number of nitrogens with zero attached hydrogens (tertiary/aromatic N) is 1. The molecule has 1 amide bonds. The second-order valence-electron chi connectivity index (χ2n) is 5.39. The minimum absolute atomic E-state index is 0.121. The molecule has 0 aromatic heterocycles. The van der Waals surface area contributed by atoms with Gasteiger partial charge in [-0.25, -0.2) is 8.42 Å². The monoisotopic (exact) mass is 364 g/mol. The first-order valence-corrected chi connectivity index (χ1v) is 9.60. The lowest BCUT2D eigenvalue weighted by Gasteiger charge is -2.24. The number of para-hydroxylation sites is 1. The first-order valence-electron chi connectivity index (χ1n) is 7.00. The Balaban J connectivity index is 2.22. The van der Waals surface area contributed by atoms with E-state index in [4.69, 9.17) is 23.2 Å². The maximum atomic E-state index is 12.1. The van der Waals surface area contributed by atoms with E-state index in [-0.39, 0.29) is 34.2 Å². The van der Waals surface area contributed by atoms with Crippen molar-refractivity contribution in [1.29, 1.82) is 0 Å². The van der Waals surface area contributed by atoms with Crippen molar-refractivity contribution in [2.24, 2.45) is 0 Å². The molecule has 122 valence electrons. The number of anilines is 1. The summed E-state index contributed by atoms with van der Waals surface area (Å²) >= 11 is 12.1. The smallest absolute Gasteiger partial charge is 0.240 e. The molecule has 0 spiro atoms. The van der Waals surface area contributed by atoms with Gasteiger partial charge in [-0.05, 0) is 25.0 Å². The van der Waals surface area contributed by atoms with Crippen molar-refractivity contribution in [3.8, 4) is 0 Å². The van der Waals surface area contributed by atoms with E-state index in [1.807, 2.05) is 0 Å². The third-order valence-electron chi connectivity index (χ3n) is 3.59. The third-order valence-corrected chi connectivity index (χ3v) is 5.32. The Morgan fingerprint density at radius 1 is 1.27 bits per heavy atom. The molecule has 0 aliphatic heterocycles. The summed E-state index contributed by atoms with van der Waals surface area (Å²) < 4.78 is 25.0. The summed E-state index contributed by atoms with van der Waals surface area (Å²) in [4.78, 5) is 12.1. The number of carbonyl (C=O) groups is 1. The summed E-state index contributed by atoms with van der Waals surface area (Å²) in [5, 5.41) is 3.23. The standard InChI is InChI=1S/C14H18Cl2N2O3S/c1-22(20,21)18(14-11(15)7-4-8-12(14)16)9-13(19)17-10-5-2-3-6-10/h4,7-8,10H,2-3,5-6,9H2,1H3,(H,17,19). The SMILES string of the molecule is CS(=O)(=O)N(CC(=O)NC1CCCC1)c1c(Cl)cccc1Cl. The summed E-state index contributed by atoms with van der Waals surface area (Å²) in [6.45, 7) is -0.335. The van der Waals surface area contributed by atoms with Crippen molar-refractivity contribution in [2.75, 3.05) is 17.1 Å². The Morgan fingerprint density at radius 2 is 1.82 bits per heavy atom. The Bertz CT molecular complexity index is 638. The van der Waals surface area contributed by atoms with Gasteiger partial charge in [0, 0.05) is 6.04 Å². The quantitative estimate of drug-likeness (QED) is 0.873. The van der Waals surface area contributed by atoms with Gasteiger partial charge in [0.2, 0.25) is 15.9 Å². The van der Waals surface area contributed by atoms with E-state index in [1.54, 1.807) is 6.07 Å². The van der Waals surface area contributed by atoms with Gasteiger partial charge >= 0.3 is 0 Å². The van der Waals surface area contributed by atoms with Gasteiger partial charge < -0.3 is 5.32 Å². The fourth-order valence-electron chi connectivity index (χ4n) is 2.56. The van der Waals surface area contributed by atoms with Crippen LogP contribution < -0.4 is 9.62 Å². The summed E-state index contributed by atoms with van der Waals surface area (Å²) in [6.07, 6.45) is 5.04. The van der Waals surface area contributed by atoms with Crippen LogP contribution in [-0.2, 0) is 14.8 Å². The predicted octanol–water partition coefficient (Wildman–Crippen LogP) is 2.82. The van der Waals surface area contributed by atoms with Crippen LogP contribution in [0.2, 0.25) is 10.0 Å². The Kier molecular flexibility index (Phi) is 5.58. The van der Waals surface area contributed by atoms with Gasteiger partial charge in [0.15, 0.2) is 0 Å². The van der Waals surface area contributed by atoms with E-state index >= 15 is 0 Å². The molecular weight excluding hydrogens is 347 g/mol. The molecule has 1 aliphatic rings. The molecule has 5 nitrogen and oxygen atoms in total. The first kappa shape index (κ1) is 17.4. The van der Waals surface area contributed by atoms with Crippen LogP contribution in [0, 0.1) is 0 Å². The summed E-state index contributed by atoms with van der Waals surface area (Å²) in [6, 6.07) is 4.81. The number of sulfonamides is 1. The van der Waals surface area contributed by atoms with Crippen LogP contribution in [0.4, 0.5) is 5.69 Å². The van der Waals surface area contributed by atoms with Crippen molar-refractivity contribution in [1.82, 2.24) is 5.32 Å². The lowest BCUT2D eigenvalue weighted by atomic mass is 10.2. The van der Waals surface area contributed by atoms with Crippen LogP contribution in [0.5, 0.6) is 0 Å². The van der Waals surface area contributed by atoms with Crippen molar-refractivity contribution >= 4 is 44.8 Å². The minimum atomic E-state index is -3.69. The van der Waals surface area contributed by atoms with Crippen molar-refractivity contribution < 1.29 is 13.2 Å². The van der Waals surface area contributed by atoms with Crippen LogP contribution in [0.15, 0.2) is 18.2 Å². The lowest BCUT2D eigenvalue weighted by Crippen LogP contribution is -2.43.